The maximum absolute atomic E-state index is 11.9. The molecule has 0 radical (unpaired) electrons. The average Bonchev–Trinajstić information content (AvgIpc) is 3.19. The lowest BCUT2D eigenvalue weighted by Crippen LogP contribution is -2.46. The summed E-state index contributed by atoms with van der Waals surface area (Å²) in [5, 5.41) is 16.0. The Bertz CT molecular complexity index is 2040. The maximum atomic E-state index is 11.9. The number of allylic oxidation sites excluding steroid dienone is 6. The number of hydrogen-bond acceptors (Lipinski definition) is 9. The Labute approximate surface area is 325 Å². The summed E-state index contributed by atoms with van der Waals surface area (Å²) < 4.78 is 3.36. The van der Waals surface area contributed by atoms with Gasteiger partial charge in [-0.3, -0.25) is 10.1 Å². The molecule has 0 spiro atoms. The third-order valence-electron chi connectivity index (χ3n) is 9.59. The summed E-state index contributed by atoms with van der Waals surface area (Å²) in [5.41, 5.74) is 9.32. The van der Waals surface area contributed by atoms with Crippen LogP contribution in [0, 0.1) is 10.1 Å². The quantitative estimate of drug-likeness (QED) is 0.0455. The molecule has 0 atom stereocenters. The minimum Gasteiger partial charge on any atom is -0.379 e. The number of nitrogens with zero attached hydrogens (tertiary/aromatic N) is 4. The fourth-order valence-corrected chi connectivity index (χ4v) is 8.43. The smallest absolute Gasteiger partial charge is 0.293 e. The van der Waals surface area contributed by atoms with Crippen molar-refractivity contribution in [2.24, 2.45) is 0 Å². The molecule has 11 heteroatoms. The number of rotatable bonds is 13. The van der Waals surface area contributed by atoms with E-state index >= 15 is 0 Å². The fourth-order valence-electron chi connectivity index (χ4n) is 6.81. The molecule has 0 amide bonds. The minimum absolute atomic E-state index is 0.0733. The van der Waals surface area contributed by atoms with Gasteiger partial charge in [0.25, 0.3) is 5.69 Å². The molecule has 0 bridgehead atoms. The highest BCUT2D eigenvalue weighted by molar-refractivity contribution is 8.00. The molecule has 0 aromatic heterocycles. The molecule has 2 heterocycles. The van der Waals surface area contributed by atoms with E-state index in [1.807, 2.05) is 30.3 Å². The highest BCUT2D eigenvalue weighted by Gasteiger charge is 2.21. The SMILES string of the molecule is CN1C=C(C2=CC=C(Cl)CC2)CC(c2cccc(N3CCN(c4ccc(NSc5ccc(NCCSc6ccccc6)c([N+](=O)[O-])c5)cc4)CC3)c2)=C1. The Morgan fingerprint density at radius 3 is 2.26 bits per heavy atom. The highest BCUT2D eigenvalue weighted by atomic mass is 35.5. The lowest BCUT2D eigenvalue weighted by molar-refractivity contribution is -0.384. The summed E-state index contributed by atoms with van der Waals surface area (Å²) in [5.74, 6) is 0.808. The molecule has 1 aliphatic carbocycles. The number of hydrogen-bond donors (Lipinski definition) is 2. The van der Waals surface area contributed by atoms with E-state index in [9.17, 15) is 10.1 Å². The number of anilines is 4. The standard InChI is InChI=1S/C42H43ClN6O2S2/c1-46-29-33(31-10-12-35(43)13-11-31)26-34(30-46)32-6-5-7-38(27-32)48-23-21-47(22-24-48)37-16-14-36(15-17-37)45-53-40-18-19-41(42(28-40)49(50)51)44-20-25-52-39-8-3-2-4-9-39/h2-10,12,14-19,27-30,44-45H,11,13,20-26H2,1H3. The highest BCUT2D eigenvalue weighted by Crippen LogP contribution is 2.36. The van der Waals surface area contributed by atoms with Crippen molar-refractivity contribution >= 4 is 69.3 Å². The third kappa shape index (κ3) is 9.62. The van der Waals surface area contributed by atoms with Crippen LogP contribution < -0.4 is 19.8 Å². The van der Waals surface area contributed by atoms with Crippen LogP contribution in [0.1, 0.15) is 24.8 Å². The first kappa shape index (κ1) is 36.6. The lowest BCUT2D eigenvalue weighted by Gasteiger charge is -2.37. The van der Waals surface area contributed by atoms with Crippen molar-refractivity contribution in [3.63, 3.8) is 0 Å². The monoisotopic (exact) mass is 762 g/mol. The molecule has 4 aromatic carbocycles. The zero-order chi connectivity index (χ0) is 36.6. The van der Waals surface area contributed by atoms with E-state index < -0.39 is 0 Å². The Morgan fingerprint density at radius 2 is 1.53 bits per heavy atom. The van der Waals surface area contributed by atoms with Gasteiger partial charge in [0.05, 0.1) is 4.92 Å². The predicted octanol–water partition coefficient (Wildman–Crippen LogP) is 10.6. The molecule has 3 aliphatic rings. The molecule has 2 N–H and O–H groups in total. The van der Waals surface area contributed by atoms with Crippen molar-refractivity contribution in [3.05, 3.63) is 153 Å². The van der Waals surface area contributed by atoms with E-state index in [1.54, 1.807) is 23.9 Å². The largest absolute Gasteiger partial charge is 0.379 e. The summed E-state index contributed by atoms with van der Waals surface area (Å²) in [6.45, 7) is 4.38. The molecule has 272 valence electrons. The van der Waals surface area contributed by atoms with Gasteiger partial charge in [0.1, 0.15) is 5.69 Å². The van der Waals surface area contributed by atoms with Crippen LogP contribution in [0.5, 0.6) is 0 Å². The zero-order valence-electron chi connectivity index (χ0n) is 29.7. The van der Waals surface area contributed by atoms with Crippen LogP contribution in [0.25, 0.3) is 5.57 Å². The van der Waals surface area contributed by atoms with Gasteiger partial charge in [0.15, 0.2) is 0 Å². The van der Waals surface area contributed by atoms with E-state index in [1.165, 1.54) is 50.5 Å². The lowest BCUT2D eigenvalue weighted by atomic mass is 9.89. The van der Waals surface area contributed by atoms with Crippen molar-refractivity contribution < 1.29 is 4.92 Å². The normalized spacial score (nSPS) is 16.0. The Morgan fingerprint density at radius 1 is 0.774 bits per heavy atom. The minimum atomic E-state index is -0.326. The number of nitrogens with one attached hydrogen (secondary N) is 2. The first-order valence-corrected chi connectivity index (χ1v) is 20.1. The molecule has 2 aliphatic heterocycles. The second kappa shape index (κ2) is 17.4. The van der Waals surface area contributed by atoms with E-state index in [2.05, 4.69) is 111 Å². The number of piperazine rings is 1. The van der Waals surface area contributed by atoms with Gasteiger partial charge >= 0.3 is 0 Å². The molecule has 53 heavy (non-hydrogen) atoms. The second-order valence-corrected chi connectivity index (χ2v) is 15.8. The van der Waals surface area contributed by atoms with Crippen molar-refractivity contribution in [2.45, 2.75) is 29.1 Å². The molecule has 1 fully saturated rings. The molecule has 0 unspecified atom stereocenters. The number of thioether (sulfide) groups is 1. The van der Waals surface area contributed by atoms with Crippen LogP contribution in [0.2, 0.25) is 0 Å². The van der Waals surface area contributed by atoms with E-state index in [0.29, 0.717) is 12.2 Å². The van der Waals surface area contributed by atoms with Gasteiger partial charge in [-0.2, -0.15) is 0 Å². The Kier molecular flexibility index (Phi) is 12.0. The number of nitro groups is 1. The average molecular weight is 763 g/mol. The summed E-state index contributed by atoms with van der Waals surface area (Å²) >= 11 is 9.32. The van der Waals surface area contributed by atoms with Gasteiger partial charge in [-0.15, -0.1) is 11.8 Å². The zero-order valence-corrected chi connectivity index (χ0v) is 32.1. The van der Waals surface area contributed by atoms with Crippen molar-refractivity contribution in [3.8, 4) is 0 Å². The topological polar surface area (TPSA) is 76.9 Å². The van der Waals surface area contributed by atoms with E-state index in [4.69, 9.17) is 11.6 Å². The number of nitro benzene ring substituents is 1. The molecule has 1 saturated heterocycles. The molecular weight excluding hydrogens is 720 g/mol. The van der Waals surface area contributed by atoms with Gasteiger partial charge in [0.2, 0.25) is 0 Å². The molecule has 7 rings (SSSR count). The summed E-state index contributed by atoms with van der Waals surface area (Å²) in [4.78, 5) is 20.6. The Hall–Kier alpha value is -4.77. The summed E-state index contributed by atoms with van der Waals surface area (Å²) in [7, 11) is 2.11. The van der Waals surface area contributed by atoms with Crippen LogP contribution in [0.15, 0.2) is 148 Å². The van der Waals surface area contributed by atoms with Crippen LogP contribution in [0.3, 0.4) is 0 Å². The predicted molar refractivity (Wildman–Crippen MR) is 225 cm³/mol. The molecule has 0 saturated carbocycles. The molecular formula is C42H43ClN6O2S2. The van der Waals surface area contributed by atoms with Crippen molar-refractivity contribution in [1.82, 2.24) is 4.90 Å². The van der Waals surface area contributed by atoms with Gasteiger partial charge in [-0.25, -0.2) is 0 Å². The van der Waals surface area contributed by atoms with Crippen molar-refractivity contribution in [2.75, 3.05) is 65.4 Å². The third-order valence-corrected chi connectivity index (χ3v) is 11.7. The second-order valence-electron chi connectivity index (χ2n) is 13.3. The number of halogens is 1. The van der Waals surface area contributed by atoms with E-state index in [0.717, 1.165) is 66.8 Å². The Balaban J connectivity index is 0.897. The van der Waals surface area contributed by atoms with Crippen LogP contribution in [-0.4, -0.2) is 55.3 Å². The first-order valence-electron chi connectivity index (χ1n) is 17.9. The van der Waals surface area contributed by atoms with Gasteiger partial charge in [-0.05, 0) is 114 Å². The number of benzene rings is 4. The van der Waals surface area contributed by atoms with Crippen LogP contribution in [-0.2, 0) is 0 Å². The van der Waals surface area contributed by atoms with Gasteiger partial charge < -0.3 is 24.7 Å². The van der Waals surface area contributed by atoms with Crippen LogP contribution in [0.4, 0.5) is 28.4 Å². The molecule has 4 aromatic rings. The van der Waals surface area contributed by atoms with Gasteiger partial charge in [0, 0.05) is 102 Å². The van der Waals surface area contributed by atoms with Crippen LogP contribution >= 0.6 is 35.3 Å². The first-order chi connectivity index (χ1) is 25.9. The van der Waals surface area contributed by atoms with Crippen molar-refractivity contribution in [1.29, 1.82) is 0 Å². The fraction of sp³-hybridized carbons (Fsp3) is 0.238. The summed E-state index contributed by atoms with van der Waals surface area (Å²) in [6, 6.07) is 32.9. The maximum Gasteiger partial charge on any atom is 0.293 e. The van der Waals surface area contributed by atoms with E-state index in [-0.39, 0.29) is 10.6 Å². The summed E-state index contributed by atoms with van der Waals surface area (Å²) in [6.07, 6.45) is 11.5. The van der Waals surface area contributed by atoms with Gasteiger partial charge in [-0.1, -0.05) is 48.0 Å². The molecule has 8 nitrogen and oxygen atoms in total.